The third kappa shape index (κ3) is 6.30. The van der Waals surface area contributed by atoms with Crippen LogP contribution < -0.4 is 20.5 Å². The van der Waals surface area contributed by atoms with Gasteiger partial charge in [-0.05, 0) is 37.5 Å². The highest BCUT2D eigenvalue weighted by Crippen LogP contribution is 2.30. The number of ether oxygens (including phenoxy) is 3. The molecule has 25 heavy (non-hydrogen) atoms. The number of hydrogen-bond acceptors (Lipinski definition) is 5. The Hall–Kier alpha value is -1.64. The fraction of sp³-hybridized carbons (Fsp3) is 0.562. The van der Waals surface area contributed by atoms with Gasteiger partial charge in [-0.15, -0.1) is 12.4 Å². The van der Waals surface area contributed by atoms with E-state index in [2.05, 4.69) is 10.1 Å². The first-order valence-corrected chi connectivity index (χ1v) is 7.87. The molecule has 1 aromatic rings. The van der Waals surface area contributed by atoms with E-state index in [1.54, 1.807) is 19.1 Å². The van der Waals surface area contributed by atoms with Crippen LogP contribution in [0.3, 0.4) is 0 Å². The Morgan fingerprint density at radius 1 is 1.40 bits per heavy atom. The van der Waals surface area contributed by atoms with Gasteiger partial charge < -0.3 is 25.3 Å². The maximum Gasteiger partial charge on any atom is 0.387 e. The van der Waals surface area contributed by atoms with Gasteiger partial charge in [-0.25, -0.2) is 0 Å². The van der Waals surface area contributed by atoms with Crippen molar-refractivity contribution in [1.29, 1.82) is 0 Å². The molecule has 2 rings (SSSR count). The Bertz CT molecular complexity index is 563. The molecular weight excluding hydrogens is 358 g/mol. The molecule has 9 heteroatoms. The summed E-state index contributed by atoms with van der Waals surface area (Å²) in [7, 11) is 0. The molecule has 1 heterocycles. The number of hydrogen-bond donors (Lipinski definition) is 2. The first kappa shape index (κ1) is 21.4. The summed E-state index contributed by atoms with van der Waals surface area (Å²) in [5, 5.41) is 2.77. The average molecular weight is 381 g/mol. The molecule has 6 nitrogen and oxygen atoms in total. The second-order valence-corrected chi connectivity index (χ2v) is 5.37. The van der Waals surface area contributed by atoms with Gasteiger partial charge in [0.25, 0.3) is 0 Å². The maximum absolute atomic E-state index is 12.4. The molecule has 3 N–H and O–H groups in total. The zero-order valence-electron chi connectivity index (χ0n) is 13.9. The number of amides is 1. The van der Waals surface area contributed by atoms with Crippen molar-refractivity contribution in [3.63, 3.8) is 0 Å². The Morgan fingerprint density at radius 2 is 2.16 bits per heavy atom. The predicted octanol–water partition coefficient (Wildman–Crippen LogP) is 2.23. The number of carbonyl (C=O) groups is 1. The summed E-state index contributed by atoms with van der Waals surface area (Å²) in [4.78, 5) is 12.1. The number of halogens is 3. The van der Waals surface area contributed by atoms with Crippen LogP contribution in [0.4, 0.5) is 8.78 Å². The summed E-state index contributed by atoms with van der Waals surface area (Å²) in [6.45, 7) is -0.240. The van der Waals surface area contributed by atoms with Crippen LogP contribution in [-0.2, 0) is 16.1 Å². The first-order valence-electron chi connectivity index (χ1n) is 7.87. The number of benzene rings is 1. The van der Waals surface area contributed by atoms with Crippen LogP contribution in [0.25, 0.3) is 0 Å². The largest absolute Gasteiger partial charge is 0.490 e. The molecule has 2 atom stereocenters. The van der Waals surface area contributed by atoms with Gasteiger partial charge in [-0.2, -0.15) is 8.78 Å². The minimum atomic E-state index is -2.93. The smallest absolute Gasteiger partial charge is 0.387 e. The van der Waals surface area contributed by atoms with Gasteiger partial charge in [0.05, 0.1) is 12.7 Å². The van der Waals surface area contributed by atoms with Crippen LogP contribution in [0, 0.1) is 0 Å². The van der Waals surface area contributed by atoms with Crippen LogP contribution in [0.1, 0.15) is 25.3 Å². The number of alkyl halides is 2. The van der Waals surface area contributed by atoms with Crippen molar-refractivity contribution >= 4 is 18.3 Å². The van der Waals surface area contributed by atoms with Gasteiger partial charge in [-0.1, -0.05) is 6.07 Å². The highest BCUT2D eigenvalue weighted by Gasteiger charge is 2.29. The van der Waals surface area contributed by atoms with Crippen molar-refractivity contribution in [3.8, 4) is 11.5 Å². The lowest BCUT2D eigenvalue weighted by Crippen LogP contribution is -2.35. The van der Waals surface area contributed by atoms with E-state index in [9.17, 15) is 13.6 Å². The minimum Gasteiger partial charge on any atom is -0.490 e. The summed E-state index contributed by atoms with van der Waals surface area (Å²) < 4.78 is 40.0. The lowest BCUT2D eigenvalue weighted by atomic mass is 10.1. The third-order valence-electron chi connectivity index (χ3n) is 3.65. The topological polar surface area (TPSA) is 82.8 Å². The van der Waals surface area contributed by atoms with Gasteiger partial charge >= 0.3 is 6.61 Å². The fourth-order valence-corrected chi connectivity index (χ4v) is 2.50. The Balaban J connectivity index is 0.00000312. The Labute approximate surface area is 151 Å². The van der Waals surface area contributed by atoms with Gasteiger partial charge in [0.2, 0.25) is 5.91 Å². The summed E-state index contributed by atoms with van der Waals surface area (Å²) in [5.74, 6) is -0.0338. The lowest BCUT2D eigenvalue weighted by Gasteiger charge is -2.15. The SMILES string of the molecule is CCOc1cc(CNC(=O)[C@@H]2CC[C@H](CN)O2)ccc1OC(F)F.Cl. The summed E-state index contributed by atoms with van der Waals surface area (Å²) in [5.41, 5.74) is 6.23. The van der Waals surface area contributed by atoms with Crippen molar-refractivity contribution in [2.75, 3.05) is 13.2 Å². The molecule has 1 aromatic carbocycles. The van der Waals surface area contributed by atoms with Gasteiger partial charge in [0.15, 0.2) is 11.5 Å². The average Bonchev–Trinajstić information content (AvgIpc) is 3.03. The number of nitrogens with one attached hydrogen (secondary N) is 1. The second kappa shape index (κ2) is 10.4. The Morgan fingerprint density at radius 3 is 2.76 bits per heavy atom. The molecular formula is C16H23ClF2N2O4. The van der Waals surface area contributed by atoms with E-state index in [1.165, 1.54) is 6.07 Å². The first-order chi connectivity index (χ1) is 11.5. The standard InChI is InChI=1S/C16H22F2N2O4.ClH/c1-2-22-14-7-10(3-5-12(14)24-16(17)18)9-20-15(21)13-6-4-11(8-19)23-13;/h3,5,7,11,13,16H,2,4,6,8-9,19H2,1H3,(H,20,21);1H/t11-,13+;/m1./s1. The molecule has 0 bridgehead atoms. The minimum absolute atomic E-state index is 0. The van der Waals surface area contributed by atoms with Crippen molar-refractivity contribution in [2.45, 2.75) is 45.1 Å². The van der Waals surface area contributed by atoms with Gasteiger partial charge in [-0.3, -0.25) is 4.79 Å². The number of carbonyl (C=O) groups excluding carboxylic acids is 1. The van der Waals surface area contributed by atoms with E-state index in [0.717, 1.165) is 6.42 Å². The molecule has 0 aromatic heterocycles. The van der Waals surface area contributed by atoms with Crippen LogP contribution >= 0.6 is 12.4 Å². The second-order valence-electron chi connectivity index (χ2n) is 5.37. The highest BCUT2D eigenvalue weighted by atomic mass is 35.5. The van der Waals surface area contributed by atoms with E-state index in [1.807, 2.05) is 0 Å². The monoisotopic (exact) mass is 380 g/mol. The quantitative estimate of drug-likeness (QED) is 0.722. The van der Waals surface area contributed by atoms with Crippen molar-refractivity contribution in [2.24, 2.45) is 5.73 Å². The van der Waals surface area contributed by atoms with E-state index in [4.69, 9.17) is 15.2 Å². The molecule has 0 spiro atoms. The molecule has 0 radical (unpaired) electrons. The molecule has 1 saturated heterocycles. The van der Waals surface area contributed by atoms with Crippen LogP contribution in [-0.4, -0.2) is 37.9 Å². The van der Waals surface area contributed by atoms with Gasteiger partial charge in [0.1, 0.15) is 6.10 Å². The van der Waals surface area contributed by atoms with E-state index >= 15 is 0 Å². The van der Waals surface area contributed by atoms with E-state index < -0.39 is 12.7 Å². The van der Waals surface area contributed by atoms with Crippen LogP contribution in [0.15, 0.2) is 18.2 Å². The number of nitrogens with two attached hydrogens (primary N) is 1. The molecule has 1 fully saturated rings. The third-order valence-corrected chi connectivity index (χ3v) is 3.65. The predicted molar refractivity (Wildman–Crippen MR) is 90.3 cm³/mol. The molecule has 0 saturated carbocycles. The maximum atomic E-state index is 12.4. The van der Waals surface area contributed by atoms with Crippen molar-refractivity contribution in [3.05, 3.63) is 23.8 Å². The molecule has 0 aliphatic carbocycles. The normalized spacial score (nSPS) is 19.4. The van der Waals surface area contributed by atoms with Crippen molar-refractivity contribution in [1.82, 2.24) is 5.32 Å². The van der Waals surface area contributed by atoms with Crippen molar-refractivity contribution < 1.29 is 27.8 Å². The zero-order chi connectivity index (χ0) is 17.5. The molecule has 0 unspecified atom stereocenters. The summed E-state index contributed by atoms with van der Waals surface area (Å²) >= 11 is 0. The molecule has 1 aliphatic heterocycles. The number of rotatable bonds is 8. The van der Waals surface area contributed by atoms with E-state index in [0.29, 0.717) is 25.1 Å². The highest BCUT2D eigenvalue weighted by molar-refractivity contribution is 5.85. The lowest BCUT2D eigenvalue weighted by molar-refractivity contribution is -0.132. The van der Waals surface area contributed by atoms with E-state index in [-0.39, 0.29) is 42.5 Å². The molecule has 142 valence electrons. The molecule has 1 aliphatic rings. The Kier molecular flexibility index (Phi) is 8.88. The fourth-order valence-electron chi connectivity index (χ4n) is 2.50. The zero-order valence-corrected chi connectivity index (χ0v) is 14.7. The van der Waals surface area contributed by atoms with Crippen LogP contribution in [0.2, 0.25) is 0 Å². The van der Waals surface area contributed by atoms with Crippen LogP contribution in [0.5, 0.6) is 11.5 Å². The summed E-state index contributed by atoms with van der Waals surface area (Å²) in [6.07, 6.45) is 0.837. The van der Waals surface area contributed by atoms with Gasteiger partial charge in [0, 0.05) is 13.1 Å². The molecule has 1 amide bonds. The summed E-state index contributed by atoms with van der Waals surface area (Å²) in [6, 6.07) is 4.56.